The minimum Gasteiger partial charge on any atom is -0.455 e. The molecule has 0 aliphatic carbocycles. The molecular weight excluding hydrogens is 598 g/mol. The average Bonchev–Trinajstić information content (AvgIpc) is 2.84. The molecule has 0 saturated carbocycles. The van der Waals surface area contributed by atoms with Gasteiger partial charge in [-0.25, -0.2) is 4.79 Å². The number of amides is 2. The molecule has 0 radical (unpaired) electrons. The normalized spacial score (nSPS) is 11.1. The van der Waals surface area contributed by atoms with Crippen molar-refractivity contribution in [3.8, 4) is 23.0 Å². The molecular formula is C25H16Cl4N2O6S. The van der Waals surface area contributed by atoms with E-state index < -0.39 is 21.0 Å². The highest BCUT2D eigenvalue weighted by Gasteiger charge is 2.20. The van der Waals surface area contributed by atoms with Crippen molar-refractivity contribution in [3.05, 3.63) is 99.0 Å². The van der Waals surface area contributed by atoms with Crippen LogP contribution < -0.4 is 20.1 Å². The maximum atomic E-state index is 12.9. The first-order valence-electron chi connectivity index (χ1n) is 10.5. The molecule has 0 saturated heterocycles. The van der Waals surface area contributed by atoms with Gasteiger partial charge in [-0.15, -0.1) is 0 Å². The van der Waals surface area contributed by atoms with E-state index >= 15 is 0 Å². The van der Waals surface area contributed by atoms with Crippen molar-refractivity contribution in [1.29, 1.82) is 0 Å². The molecule has 8 nitrogen and oxygen atoms in total. The van der Waals surface area contributed by atoms with Gasteiger partial charge < -0.3 is 20.1 Å². The third-order valence-electron chi connectivity index (χ3n) is 4.82. The van der Waals surface area contributed by atoms with E-state index in [0.29, 0.717) is 21.5 Å². The summed E-state index contributed by atoms with van der Waals surface area (Å²) in [5, 5.41) is 6.44. The Kier molecular flexibility index (Phi) is 8.57. The molecule has 4 aromatic carbocycles. The van der Waals surface area contributed by atoms with Gasteiger partial charge in [0.1, 0.15) is 16.4 Å². The Balaban J connectivity index is 1.58. The summed E-state index contributed by atoms with van der Waals surface area (Å²) in [6, 6.07) is 18.5. The number of urea groups is 1. The summed E-state index contributed by atoms with van der Waals surface area (Å²) in [6.45, 7) is 0. The predicted molar refractivity (Wildman–Crippen MR) is 148 cm³/mol. The fourth-order valence-electron chi connectivity index (χ4n) is 3.17. The monoisotopic (exact) mass is 612 g/mol. The highest BCUT2D eigenvalue weighted by molar-refractivity contribution is 7.86. The van der Waals surface area contributed by atoms with Gasteiger partial charge in [-0.2, -0.15) is 8.42 Å². The molecule has 0 spiro atoms. The SMILES string of the molecule is O=C(Nc1cc(Cl)ccc1Oc1ccc(Cl)cc1)Nc1cc(Cl)ccc1Oc1ccc(Cl)cc1S(=O)(=O)O. The Morgan fingerprint density at radius 1 is 0.632 bits per heavy atom. The second kappa shape index (κ2) is 11.7. The first-order chi connectivity index (χ1) is 18.0. The first kappa shape index (κ1) is 27.8. The van der Waals surface area contributed by atoms with E-state index in [-0.39, 0.29) is 32.9 Å². The molecule has 0 aliphatic heterocycles. The second-order valence-corrected chi connectivity index (χ2v) is 10.7. The molecule has 0 aliphatic rings. The van der Waals surface area contributed by atoms with Crippen LogP contribution in [0.5, 0.6) is 23.0 Å². The van der Waals surface area contributed by atoms with Crippen LogP contribution in [0.2, 0.25) is 20.1 Å². The van der Waals surface area contributed by atoms with Crippen molar-refractivity contribution < 1.29 is 27.2 Å². The summed E-state index contributed by atoms with van der Waals surface area (Å²) in [6.07, 6.45) is 0. The molecule has 38 heavy (non-hydrogen) atoms. The number of benzene rings is 4. The Morgan fingerprint density at radius 3 is 1.61 bits per heavy atom. The third-order valence-corrected chi connectivity index (χ3v) is 6.66. The summed E-state index contributed by atoms with van der Waals surface area (Å²) in [5.41, 5.74) is 0.342. The fourth-order valence-corrected chi connectivity index (χ4v) is 4.52. The lowest BCUT2D eigenvalue weighted by molar-refractivity contribution is 0.262. The number of hydrogen-bond acceptors (Lipinski definition) is 5. The molecule has 0 aromatic heterocycles. The fraction of sp³-hybridized carbons (Fsp3) is 0. The number of nitrogens with one attached hydrogen (secondary N) is 2. The van der Waals surface area contributed by atoms with Crippen molar-refractivity contribution >= 4 is 73.9 Å². The topological polar surface area (TPSA) is 114 Å². The second-order valence-electron chi connectivity index (χ2n) is 7.58. The van der Waals surface area contributed by atoms with Crippen LogP contribution in [0.3, 0.4) is 0 Å². The molecule has 13 heteroatoms. The van der Waals surface area contributed by atoms with Gasteiger partial charge in [0.05, 0.1) is 11.4 Å². The highest BCUT2D eigenvalue weighted by atomic mass is 35.5. The minimum absolute atomic E-state index is 0.0282. The molecule has 2 amide bonds. The van der Waals surface area contributed by atoms with Crippen molar-refractivity contribution in [2.45, 2.75) is 4.90 Å². The van der Waals surface area contributed by atoms with Crippen LogP contribution in [0.15, 0.2) is 83.8 Å². The number of carbonyl (C=O) groups excluding carboxylic acids is 1. The number of halogens is 4. The lowest BCUT2D eigenvalue weighted by Crippen LogP contribution is -2.20. The maximum absolute atomic E-state index is 12.9. The van der Waals surface area contributed by atoms with Crippen molar-refractivity contribution in [2.24, 2.45) is 0 Å². The number of anilines is 2. The molecule has 3 N–H and O–H groups in total. The summed E-state index contributed by atoms with van der Waals surface area (Å²) < 4.78 is 44.7. The van der Waals surface area contributed by atoms with E-state index in [0.717, 1.165) is 6.07 Å². The lowest BCUT2D eigenvalue weighted by atomic mass is 10.2. The van der Waals surface area contributed by atoms with Gasteiger partial charge in [0, 0.05) is 20.1 Å². The van der Waals surface area contributed by atoms with E-state index in [9.17, 15) is 17.8 Å². The smallest absolute Gasteiger partial charge is 0.323 e. The zero-order valence-electron chi connectivity index (χ0n) is 18.9. The molecule has 0 fully saturated rings. The summed E-state index contributed by atoms with van der Waals surface area (Å²) >= 11 is 24.0. The molecule has 0 unspecified atom stereocenters. The van der Waals surface area contributed by atoms with Crippen molar-refractivity contribution in [1.82, 2.24) is 0 Å². The Morgan fingerprint density at radius 2 is 1.08 bits per heavy atom. The van der Waals surface area contributed by atoms with Gasteiger partial charge in [0.15, 0.2) is 11.5 Å². The summed E-state index contributed by atoms with van der Waals surface area (Å²) in [5.74, 6) is 0.577. The quantitative estimate of drug-likeness (QED) is 0.179. The number of rotatable bonds is 7. The van der Waals surface area contributed by atoms with Crippen LogP contribution in [0, 0.1) is 0 Å². The Labute approximate surface area is 237 Å². The maximum Gasteiger partial charge on any atom is 0.323 e. The van der Waals surface area contributed by atoms with Crippen molar-refractivity contribution in [2.75, 3.05) is 10.6 Å². The lowest BCUT2D eigenvalue weighted by Gasteiger charge is -2.16. The molecule has 196 valence electrons. The predicted octanol–water partition coefficient (Wildman–Crippen LogP) is 8.78. The van der Waals surface area contributed by atoms with Gasteiger partial charge in [0.25, 0.3) is 10.1 Å². The zero-order chi connectivity index (χ0) is 27.4. The van der Waals surface area contributed by atoms with Gasteiger partial charge in [0.2, 0.25) is 0 Å². The number of hydrogen-bond donors (Lipinski definition) is 3. The minimum atomic E-state index is -4.67. The Bertz CT molecular complexity index is 1620. The highest BCUT2D eigenvalue weighted by Crippen LogP contribution is 2.37. The molecule has 0 heterocycles. The average molecular weight is 614 g/mol. The van der Waals surface area contributed by atoms with Gasteiger partial charge in [-0.3, -0.25) is 4.55 Å². The molecule has 0 bridgehead atoms. The van der Waals surface area contributed by atoms with Gasteiger partial charge in [-0.1, -0.05) is 46.4 Å². The summed E-state index contributed by atoms with van der Waals surface area (Å²) in [4.78, 5) is 12.4. The largest absolute Gasteiger partial charge is 0.455 e. The van der Waals surface area contributed by atoms with Crippen LogP contribution in [0.25, 0.3) is 0 Å². The van der Waals surface area contributed by atoms with E-state index in [1.807, 2.05) is 0 Å². The van der Waals surface area contributed by atoms with Crippen LogP contribution in [0.1, 0.15) is 0 Å². The van der Waals surface area contributed by atoms with Crippen molar-refractivity contribution in [3.63, 3.8) is 0 Å². The number of ether oxygens (including phenoxy) is 2. The van der Waals surface area contributed by atoms with Crippen LogP contribution in [0.4, 0.5) is 16.2 Å². The number of carbonyl (C=O) groups is 1. The summed E-state index contributed by atoms with van der Waals surface area (Å²) in [7, 11) is -4.67. The first-order valence-corrected chi connectivity index (χ1v) is 13.5. The van der Waals surface area contributed by atoms with Crippen LogP contribution in [-0.2, 0) is 10.1 Å². The molecule has 4 aromatic rings. The van der Waals surface area contributed by atoms with E-state index in [2.05, 4.69) is 10.6 Å². The molecule has 4 rings (SSSR count). The third kappa shape index (κ3) is 7.22. The zero-order valence-corrected chi connectivity index (χ0v) is 22.8. The molecule has 0 atom stereocenters. The standard InChI is InChI=1S/C25H16Cl4N2O6S/c26-14-1-6-18(7-2-14)36-21-8-3-15(27)11-19(21)30-25(32)31-20-12-16(28)4-9-22(20)37-23-10-5-17(29)13-24(23)38(33,34)35/h1-13H,(H2,30,31,32)(H,33,34,35). The van der Waals surface area contributed by atoms with Crippen LogP contribution >= 0.6 is 46.4 Å². The van der Waals surface area contributed by atoms with Gasteiger partial charge >= 0.3 is 6.03 Å². The van der Waals surface area contributed by atoms with Gasteiger partial charge in [-0.05, 0) is 78.9 Å². The van der Waals surface area contributed by atoms with E-state index in [1.165, 1.54) is 36.4 Å². The van der Waals surface area contributed by atoms with E-state index in [4.69, 9.17) is 55.9 Å². The Hall–Kier alpha value is -3.18. The van der Waals surface area contributed by atoms with Crippen LogP contribution in [-0.4, -0.2) is 19.0 Å². The van der Waals surface area contributed by atoms with E-state index in [1.54, 1.807) is 36.4 Å².